The number of rotatable bonds is 6. The predicted octanol–water partition coefficient (Wildman–Crippen LogP) is 3.45. The number of esters is 1. The van der Waals surface area contributed by atoms with E-state index in [4.69, 9.17) is 4.74 Å². The number of unbranched alkanes of at least 4 members (excludes halogenated alkanes) is 2. The van der Waals surface area contributed by atoms with Crippen molar-refractivity contribution in [3.05, 3.63) is 10.2 Å². The average molecular weight is 296 g/mol. The number of hydrogen-bond donors (Lipinski definition) is 0. The summed E-state index contributed by atoms with van der Waals surface area (Å²) in [4.78, 5) is 10.7. The van der Waals surface area contributed by atoms with Crippen molar-refractivity contribution in [1.29, 1.82) is 0 Å². The van der Waals surface area contributed by atoms with Gasteiger partial charge in [0.1, 0.15) is 6.10 Å². The van der Waals surface area contributed by atoms with Crippen molar-refractivity contribution in [1.82, 2.24) is 0 Å². The van der Waals surface area contributed by atoms with Crippen LogP contribution in [0.5, 0.6) is 0 Å². The number of ether oxygens (including phenoxy) is 1. The number of hydrogen-bond acceptors (Lipinski definition) is 2. The van der Waals surface area contributed by atoms with Crippen LogP contribution in [0.3, 0.4) is 0 Å². The molecule has 0 spiro atoms. The van der Waals surface area contributed by atoms with Crippen LogP contribution in [0.4, 0.5) is 0 Å². The maximum atomic E-state index is 10.7. The van der Waals surface area contributed by atoms with E-state index >= 15 is 0 Å². The Kier molecular flexibility index (Phi) is 8.49. The van der Waals surface area contributed by atoms with E-state index in [1.807, 2.05) is 10.2 Å². The van der Waals surface area contributed by atoms with Gasteiger partial charge in [-0.15, -0.1) is 0 Å². The molecule has 0 heterocycles. The molecular formula is C10H17IO2. The second kappa shape index (κ2) is 8.53. The lowest BCUT2D eigenvalue weighted by molar-refractivity contribution is -0.144. The van der Waals surface area contributed by atoms with Gasteiger partial charge in [0.05, 0.1) is 0 Å². The third-order valence-electron chi connectivity index (χ3n) is 1.70. The zero-order valence-corrected chi connectivity index (χ0v) is 10.4. The summed E-state index contributed by atoms with van der Waals surface area (Å²) in [6.45, 7) is 3.61. The summed E-state index contributed by atoms with van der Waals surface area (Å²) < 4.78 is 7.01. The molecular weight excluding hydrogens is 279 g/mol. The Hall–Kier alpha value is -0.0600. The first kappa shape index (κ1) is 12.9. The summed E-state index contributed by atoms with van der Waals surface area (Å²) in [6.07, 6.45) is 6.36. The minimum atomic E-state index is -0.198. The van der Waals surface area contributed by atoms with Gasteiger partial charge in [-0.1, -0.05) is 42.4 Å². The van der Waals surface area contributed by atoms with Gasteiger partial charge < -0.3 is 4.74 Å². The molecule has 2 nitrogen and oxygen atoms in total. The maximum Gasteiger partial charge on any atom is 0.303 e. The molecule has 13 heavy (non-hydrogen) atoms. The van der Waals surface area contributed by atoms with E-state index in [0.717, 1.165) is 12.8 Å². The quantitative estimate of drug-likeness (QED) is 0.426. The predicted molar refractivity (Wildman–Crippen MR) is 62.9 cm³/mol. The van der Waals surface area contributed by atoms with Gasteiger partial charge in [0.25, 0.3) is 0 Å². The lowest BCUT2D eigenvalue weighted by atomic mass is 10.1. The van der Waals surface area contributed by atoms with Crippen molar-refractivity contribution in [2.24, 2.45) is 0 Å². The summed E-state index contributed by atoms with van der Waals surface area (Å²) in [5, 5.41) is 0. The maximum absolute atomic E-state index is 10.7. The normalized spacial score (nSPS) is 13.2. The number of carbonyl (C=O) groups is 1. The molecule has 0 aromatic carbocycles. The highest BCUT2D eigenvalue weighted by atomic mass is 127. The first-order valence-corrected chi connectivity index (χ1v) is 5.89. The van der Waals surface area contributed by atoms with E-state index < -0.39 is 0 Å². The van der Waals surface area contributed by atoms with Crippen LogP contribution in [0.15, 0.2) is 10.2 Å². The zero-order valence-electron chi connectivity index (χ0n) is 8.25. The Bertz CT molecular complexity index is 166. The summed E-state index contributed by atoms with van der Waals surface area (Å²) in [6, 6.07) is 0. The molecule has 0 aliphatic heterocycles. The van der Waals surface area contributed by atoms with Crippen LogP contribution in [-0.4, -0.2) is 12.1 Å². The molecule has 0 saturated carbocycles. The molecule has 0 bridgehead atoms. The molecule has 0 unspecified atom stereocenters. The fraction of sp³-hybridized carbons (Fsp3) is 0.700. The molecule has 0 aromatic rings. The molecule has 0 aliphatic rings. The van der Waals surface area contributed by atoms with Gasteiger partial charge in [0.15, 0.2) is 0 Å². The van der Waals surface area contributed by atoms with Crippen LogP contribution in [0.1, 0.15) is 39.5 Å². The van der Waals surface area contributed by atoms with E-state index in [0.29, 0.717) is 0 Å². The standard InChI is InChI=1S/C10H17IO2/c1-3-4-5-6-10(7-8-11)13-9(2)12/h7-8,10H,3-6H2,1-2H3/b8-7+/t10-/m1/s1. The molecule has 0 rings (SSSR count). The molecule has 0 radical (unpaired) electrons. The van der Waals surface area contributed by atoms with Crippen molar-refractivity contribution < 1.29 is 9.53 Å². The van der Waals surface area contributed by atoms with Gasteiger partial charge in [-0.3, -0.25) is 4.79 Å². The van der Waals surface area contributed by atoms with E-state index in [1.54, 1.807) is 0 Å². The van der Waals surface area contributed by atoms with Gasteiger partial charge in [-0.25, -0.2) is 0 Å². The summed E-state index contributed by atoms with van der Waals surface area (Å²) in [5.74, 6) is -0.198. The Labute approximate surface area is 93.9 Å². The molecule has 1 atom stereocenters. The minimum Gasteiger partial charge on any atom is -0.458 e. The highest BCUT2D eigenvalue weighted by molar-refractivity contribution is 14.1. The monoisotopic (exact) mass is 296 g/mol. The first-order valence-electron chi connectivity index (χ1n) is 4.64. The number of carbonyl (C=O) groups excluding carboxylic acids is 1. The van der Waals surface area contributed by atoms with Gasteiger partial charge in [0, 0.05) is 6.92 Å². The Balaban J connectivity index is 3.73. The van der Waals surface area contributed by atoms with E-state index in [1.165, 1.54) is 19.8 Å². The molecule has 0 aliphatic carbocycles. The van der Waals surface area contributed by atoms with Gasteiger partial charge >= 0.3 is 5.97 Å². The minimum absolute atomic E-state index is 0.0269. The second-order valence-corrected chi connectivity index (χ2v) is 3.68. The Morgan fingerprint density at radius 1 is 1.54 bits per heavy atom. The largest absolute Gasteiger partial charge is 0.458 e. The van der Waals surface area contributed by atoms with Crippen molar-refractivity contribution in [2.75, 3.05) is 0 Å². The van der Waals surface area contributed by atoms with Crippen LogP contribution >= 0.6 is 22.6 Å². The van der Waals surface area contributed by atoms with Gasteiger partial charge in [-0.05, 0) is 23.0 Å². The molecule has 0 saturated heterocycles. The van der Waals surface area contributed by atoms with E-state index in [9.17, 15) is 4.79 Å². The van der Waals surface area contributed by atoms with Crippen LogP contribution < -0.4 is 0 Å². The van der Waals surface area contributed by atoms with Crippen LogP contribution in [0, 0.1) is 0 Å². The fourth-order valence-corrected chi connectivity index (χ4v) is 1.55. The average Bonchev–Trinajstić information content (AvgIpc) is 2.04. The van der Waals surface area contributed by atoms with Crippen LogP contribution in [0.25, 0.3) is 0 Å². The summed E-state index contributed by atoms with van der Waals surface area (Å²) in [7, 11) is 0. The van der Waals surface area contributed by atoms with Crippen molar-refractivity contribution in [3.8, 4) is 0 Å². The highest BCUT2D eigenvalue weighted by Gasteiger charge is 2.06. The van der Waals surface area contributed by atoms with E-state index in [-0.39, 0.29) is 12.1 Å². The first-order chi connectivity index (χ1) is 6.20. The van der Waals surface area contributed by atoms with Crippen molar-refractivity contribution in [2.45, 2.75) is 45.6 Å². The fourth-order valence-electron chi connectivity index (χ4n) is 1.08. The lowest BCUT2D eigenvalue weighted by Crippen LogP contribution is -2.13. The second-order valence-electron chi connectivity index (χ2n) is 2.96. The molecule has 0 aromatic heterocycles. The van der Waals surface area contributed by atoms with Crippen molar-refractivity contribution in [3.63, 3.8) is 0 Å². The Morgan fingerprint density at radius 2 is 2.23 bits per heavy atom. The summed E-state index contributed by atoms with van der Waals surface area (Å²) in [5.41, 5.74) is 0. The van der Waals surface area contributed by atoms with Crippen LogP contribution in [0.2, 0.25) is 0 Å². The van der Waals surface area contributed by atoms with Gasteiger partial charge in [-0.2, -0.15) is 0 Å². The molecule has 0 fully saturated rings. The third kappa shape index (κ3) is 8.28. The molecule has 0 N–H and O–H groups in total. The smallest absolute Gasteiger partial charge is 0.303 e. The number of halogens is 1. The van der Waals surface area contributed by atoms with Gasteiger partial charge in [0.2, 0.25) is 0 Å². The third-order valence-corrected chi connectivity index (χ3v) is 2.11. The Morgan fingerprint density at radius 3 is 2.69 bits per heavy atom. The highest BCUT2D eigenvalue weighted by Crippen LogP contribution is 2.09. The van der Waals surface area contributed by atoms with E-state index in [2.05, 4.69) is 29.5 Å². The summed E-state index contributed by atoms with van der Waals surface area (Å²) >= 11 is 2.14. The van der Waals surface area contributed by atoms with Crippen LogP contribution in [-0.2, 0) is 9.53 Å². The zero-order chi connectivity index (χ0) is 10.1. The molecule has 76 valence electrons. The van der Waals surface area contributed by atoms with Crippen molar-refractivity contribution >= 4 is 28.6 Å². The molecule has 3 heteroatoms. The topological polar surface area (TPSA) is 26.3 Å². The lowest BCUT2D eigenvalue weighted by Gasteiger charge is -2.11. The SMILES string of the molecule is CCCCC[C@H](/C=C/I)OC(C)=O. The molecule has 0 amide bonds.